The van der Waals surface area contributed by atoms with Crippen molar-refractivity contribution in [1.29, 1.82) is 0 Å². The Morgan fingerprint density at radius 1 is 1.14 bits per heavy atom. The van der Waals surface area contributed by atoms with Gasteiger partial charge in [0, 0.05) is 50.7 Å². The van der Waals surface area contributed by atoms with Crippen molar-refractivity contribution < 1.29 is 13.9 Å². The summed E-state index contributed by atoms with van der Waals surface area (Å²) in [6.07, 6.45) is 5.53. The molecule has 1 aromatic carbocycles. The van der Waals surface area contributed by atoms with Crippen LogP contribution in [0, 0.1) is 11.7 Å². The maximum atomic E-state index is 13.4. The summed E-state index contributed by atoms with van der Waals surface area (Å²) in [5.41, 5.74) is 0.899. The lowest BCUT2D eigenvalue weighted by atomic mass is 9.89. The van der Waals surface area contributed by atoms with E-state index in [-0.39, 0.29) is 30.6 Å². The number of fused-ring (bicyclic) bond motifs is 2. The molecular weight excluding hydrogens is 404 g/mol. The number of ether oxygens (including phenoxy) is 1. The Bertz CT molecular complexity index is 659. The van der Waals surface area contributed by atoms with Gasteiger partial charge >= 0.3 is 0 Å². The second-order valence-electron chi connectivity index (χ2n) is 7.86. The third-order valence-corrected chi connectivity index (χ3v) is 6.15. The minimum Gasteiger partial charge on any atom is -0.494 e. The van der Waals surface area contributed by atoms with E-state index < -0.39 is 0 Å². The molecule has 0 radical (unpaired) electrons. The normalized spacial score (nSPS) is 26.3. The van der Waals surface area contributed by atoms with Crippen molar-refractivity contribution in [2.75, 3.05) is 38.2 Å². The molecule has 158 valence electrons. The molecule has 0 aromatic heterocycles. The molecule has 1 N–H and O–H groups in total. The van der Waals surface area contributed by atoms with E-state index in [0.717, 1.165) is 44.7 Å². The lowest BCUT2D eigenvalue weighted by molar-refractivity contribution is -0.132. The Morgan fingerprint density at radius 3 is 2.39 bits per heavy atom. The van der Waals surface area contributed by atoms with Crippen molar-refractivity contribution in [3.63, 3.8) is 0 Å². The maximum Gasteiger partial charge on any atom is 0.222 e. The molecule has 3 heterocycles. The van der Waals surface area contributed by atoms with Gasteiger partial charge in [0.2, 0.25) is 5.91 Å². The smallest absolute Gasteiger partial charge is 0.222 e. The van der Waals surface area contributed by atoms with Gasteiger partial charge in [-0.15, -0.1) is 24.8 Å². The zero-order chi connectivity index (χ0) is 18.1. The van der Waals surface area contributed by atoms with Gasteiger partial charge < -0.3 is 19.9 Å². The second-order valence-corrected chi connectivity index (χ2v) is 7.86. The van der Waals surface area contributed by atoms with Crippen molar-refractivity contribution in [3.05, 3.63) is 24.0 Å². The van der Waals surface area contributed by atoms with Crippen LogP contribution in [0.3, 0.4) is 0 Å². The molecule has 3 aliphatic heterocycles. The predicted octanol–water partition coefficient (Wildman–Crippen LogP) is 3.25. The van der Waals surface area contributed by atoms with Gasteiger partial charge in [-0.3, -0.25) is 4.79 Å². The van der Waals surface area contributed by atoms with Crippen LogP contribution in [-0.4, -0.2) is 56.2 Å². The van der Waals surface area contributed by atoms with Crippen molar-refractivity contribution in [1.82, 2.24) is 10.2 Å². The maximum absolute atomic E-state index is 13.4. The SMILES string of the molecule is COc1cc(F)ccc1N1CCN(C(=O)CC2CC3CCC(C2)N3)CC1.Cl.Cl. The highest BCUT2D eigenvalue weighted by Gasteiger charge is 2.35. The molecule has 3 fully saturated rings. The Hall–Kier alpha value is -1.24. The summed E-state index contributed by atoms with van der Waals surface area (Å²) in [7, 11) is 1.56. The van der Waals surface area contributed by atoms with E-state index in [1.54, 1.807) is 13.2 Å². The fourth-order valence-corrected chi connectivity index (χ4v) is 4.83. The standard InChI is InChI=1S/C20H28FN3O2.2ClH/c1-26-19-13-15(21)2-5-18(19)23-6-8-24(9-7-23)20(25)12-14-10-16-3-4-17(11-14)22-16;;/h2,5,13-14,16-17,22H,3-4,6-12H2,1H3;2*1H. The number of piperidine rings is 1. The number of nitrogens with one attached hydrogen (secondary N) is 1. The largest absolute Gasteiger partial charge is 0.494 e. The lowest BCUT2D eigenvalue weighted by Gasteiger charge is -2.37. The van der Waals surface area contributed by atoms with Crippen LogP contribution in [0.5, 0.6) is 5.75 Å². The Labute approximate surface area is 178 Å². The number of hydrogen-bond donors (Lipinski definition) is 1. The number of rotatable bonds is 4. The number of carbonyl (C=O) groups is 1. The van der Waals surface area contributed by atoms with Crippen LogP contribution in [0.2, 0.25) is 0 Å². The summed E-state index contributed by atoms with van der Waals surface area (Å²) in [5, 5.41) is 3.64. The lowest BCUT2D eigenvalue weighted by Crippen LogP contribution is -2.49. The van der Waals surface area contributed by atoms with E-state index >= 15 is 0 Å². The monoisotopic (exact) mass is 433 g/mol. The highest BCUT2D eigenvalue weighted by atomic mass is 35.5. The summed E-state index contributed by atoms with van der Waals surface area (Å²) in [6, 6.07) is 5.90. The van der Waals surface area contributed by atoms with E-state index in [2.05, 4.69) is 10.2 Å². The first-order valence-corrected chi connectivity index (χ1v) is 9.74. The van der Waals surface area contributed by atoms with Gasteiger partial charge in [0.15, 0.2) is 0 Å². The fourth-order valence-electron chi connectivity index (χ4n) is 4.83. The van der Waals surface area contributed by atoms with Crippen LogP contribution in [0.4, 0.5) is 10.1 Å². The molecule has 1 aromatic rings. The molecule has 0 aliphatic carbocycles. The first-order valence-electron chi connectivity index (χ1n) is 9.74. The summed E-state index contributed by atoms with van der Waals surface area (Å²) in [4.78, 5) is 16.9. The first-order chi connectivity index (χ1) is 12.6. The van der Waals surface area contributed by atoms with Crippen LogP contribution < -0.4 is 15.0 Å². The molecule has 3 aliphatic rings. The molecule has 1 amide bonds. The van der Waals surface area contributed by atoms with Gasteiger partial charge in [0.1, 0.15) is 11.6 Å². The third-order valence-electron chi connectivity index (χ3n) is 6.15. The molecule has 28 heavy (non-hydrogen) atoms. The number of methoxy groups -OCH3 is 1. The molecule has 8 heteroatoms. The van der Waals surface area contributed by atoms with Gasteiger partial charge in [-0.2, -0.15) is 0 Å². The van der Waals surface area contributed by atoms with Gasteiger partial charge in [-0.1, -0.05) is 0 Å². The summed E-state index contributed by atoms with van der Waals surface area (Å²) < 4.78 is 18.7. The summed E-state index contributed by atoms with van der Waals surface area (Å²) in [5.74, 6) is 1.09. The average molecular weight is 434 g/mol. The number of anilines is 1. The molecule has 2 bridgehead atoms. The van der Waals surface area contributed by atoms with Gasteiger partial charge in [0.05, 0.1) is 12.8 Å². The number of amides is 1. The second kappa shape index (κ2) is 9.99. The number of benzene rings is 1. The van der Waals surface area contributed by atoms with Crippen molar-refractivity contribution in [2.24, 2.45) is 5.92 Å². The van der Waals surface area contributed by atoms with Crippen LogP contribution in [0.15, 0.2) is 18.2 Å². The highest BCUT2D eigenvalue weighted by Crippen LogP contribution is 2.33. The topological polar surface area (TPSA) is 44.8 Å². The minimum absolute atomic E-state index is 0. The number of hydrogen-bond acceptors (Lipinski definition) is 4. The quantitative estimate of drug-likeness (QED) is 0.791. The van der Waals surface area contributed by atoms with Crippen LogP contribution in [-0.2, 0) is 4.79 Å². The molecule has 4 rings (SSSR count). The van der Waals surface area contributed by atoms with Crippen molar-refractivity contribution >= 4 is 36.4 Å². The van der Waals surface area contributed by atoms with Gasteiger partial charge in [-0.25, -0.2) is 4.39 Å². The predicted molar refractivity (Wildman–Crippen MR) is 114 cm³/mol. The van der Waals surface area contributed by atoms with Crippen molar-refractivity contribution in [3.8, 4) is 5.75 Å². The van der Waals surface area contributed by atoms with E-state index in [9.17, 15) is 9.18 Å². The minimum atomic E-state index is -0.296. The number of piperazine rings is 1. The van der Waals surface area contributed by atoms with E-state index in [4.69, 9.17) is 4.74 Å². The zero-order valence-electron chi connectivity index (χ0n) is 16.2. The highest BCUT2D eigenvalue weighted by molar-refractivity contribution is 5.85. The van der Waals surface area contributed by atoms with E-state index in [1.807, 2.05) is 4.90 Å². The number of carbonyl (C=O) groups excluding carboxylic acids is 1. The molecule has 3 saturated heterocycles. The summed E-state index contributed by atoms with van der Waals surface area (Å²) >= 11 is 0. The molecule has 2 unspecified atom stereocenters. The molecular formula is C20H30Cl2FN3O2. The number of nitrogens with zero attached hydrogens (tertiary/aromatic N) is 2. The first kappa shape index (κ1) is 23.0. The molecule has 5 nitrogen and oxygen atoms in total. The number of halogens is 3. The fraction of sp³-hybridized carbons (Fsp3) is 0.650. The van der Waals surface area contributed by atoms with Gasteiger partial charge in [0.25, 0.3) is 0 Å². The molecule has 2 atom stereocenters. The Kier molecular flexibility index (Phi) is 8.22. The van der Waals surface area contributed by atoms with Crippen LogP contribution >= 0.6 is 24.8 Å². The van der Waals surface area contributed by atoms with Crippen LogP contribution in [0.1, 0.15) is 32.1 Å². The Balaban J connectivity index is 0.00000140. The van der Waals surface area contributed by atoms with Crippen LogP contribution in [0.25, 0.3) is 0 Å². The average Bonchev–Trinajstić information content (AvgIpc) is 3.00. The van der Waals surface area contributed by atoms with Gasteiger partial charge in [-0.05, 0) is 43.7 Å². The van der Waals surface area contributed by atoms with E-state index in [0.29, 0.717) is 36.1 Å². The molecule has 0 saturated carbocycles. The molecule has 0 spiro atoms. The third kappa shape index (κ3) is 5.02. The Morgan fingerprint density at radius 2 is 1.79 bits per heavy atom. The zero-order valence-corrected chi connectivity index (χ0v) is 17.9. The van der Waals surface area contributed by atoms with E-state index in [1.165, 1.54) is 25.0 Å². The summed E-state index contributed by atoms with van der Waals surface area (Å²) in [6.45, 7) is 2.95. The van der Waals surface area contributed by atoms with Crippen molar-refractivity contribution in [2.45, 2.75) is 44.2 Å².